The molecular formula is C28H31NS. The standard InChI is InChI=1S/C28H31NS/c1-2-3-4-5-9-15-23(21-20-22-13-7-6-8-14-22)24-16-12-19-27-28(24)29-25-17-10-11-18-26(25)30-27/h6-8,10-14,16-21,23,29H,2-5,9,15H2,1H3/b21-20+. The molecular weight excluding hydrogens is 382 g/mol. The lowest BCUT2D eigenvalue weighted by atomic mass is 9.90. The molecule has 0 aromatic heterocycles. The van der Waals surface area contributed by atoms with Crippen LogP contribution in [0.5, 0.6) is 0 Å². The summed E-state index contributed by atoms with van der Waals surface area (Å²) in [6, 6.07) is 26.0. The van der Waals surface area contributed by atoms with E-state index in [2.05, 4.69) is 97.2 Å². The number of rotatable bonds is 9. The fraction of sp³-hybridized carbons (Fsp3) is 0.286. The highest BCUT2D eigenvalue weighted by atomic mass is 32.2. The van der Waals surface area contributed by atoms with Crippen LogP contribution in [0.3, 0.4) is 0 Å². The van der Waals surface area contributed by atoms with E-state index < -0.39 is 0 Å². The molecule has 1 atom stereocenters. The van der Waals surface area contributed by atoms with Crippen molar-refractivity contribution in [2.75, 3.05) is 5.32 Å². The Morgan fingerprint density at radius 1 is 0.800 bits per heavy atom. The molecule has 0 amide bonds. The third kappa shape index (κ3) is 5.17. The molecule has 1 heterocycles. The van der Waals surface area contributed by atoms with Crippen molar-refractivity contribution >= 4 is 29.2 Å². The topological polar surface area (TPSA) is 12.0 Å². The second-order valence-corrected chi connectivity index (χ2v) is 9.11. The molecule has 30 heavy (non-hydrogen) atoms. The van der Waals surface area contributed by atoms with Gasteiger partial charge in [0.15, 0.2) is 0 Å². The number of hydrogen-bond acceptors (Lipinski definition) is 2. The first kappa shape index (κ1) is 20.8. The van der Waals surface area contributed by atoms with Crippen LogP contribution in [0.2, 0.25) is 0 Å². The Balaban J connectivity index is 1.59. The number of benzene rings is 3. The molecule has 4 rings (SSSR count). The van der Waals surface area contributed by atoms with Crippen molar-refractivity contribution in [2.45, 2.75) is 61.2 Å². The van der Waals surface area contributed by atoms with Crippen LogP contribution in [-0.4, -0.2) is 0 Å². The van der Waals surface area contributed by atoms with Gasteiger partial charge in [0.05, 0.1) is 11.4 Å². The van der Waals surface area contributed by atoms with E-state index in [1.807, 2.05) is 11.8 Å². The van der Waals surface area contributed by atoms with Crippen molar-refractivity contribution in [1.29, 1.82) is 0 Å². The minimum absolute atomic E-state index is 0.417. The molecule has 0 saturated carbocycles. The van der Waals surface area contributed by atoms with Gasteiger partial charge < -0.3 is 5.32 Å². The second kappa shape index (κ2) is 10.5. The molecule has 3 aromatic carbocycles. The maximum atomic E-state index is 3.74. The molecule has 0 saturated heterocycles. The molecule has 1 aliphatic rings. The fourth-order valence-corrected chi connectivity index (χ4v) is 5.13. The third-order valence-corrected chi connectivity index (χ3v) is 6.90. The molecule has 1 N–H and O–H groups in total. The lowest BCUT2D eigenvalue weighted by Crippen LogP contribution is -2.06. The Kier molecular flexibility index (Phi) is 7.31. The molecule has 1 unspecified atom stereocenters. The van der Waals surface area contributed by atoms with Crippen molar-refractivity contribution in [3.63, 3.8) is 0 Å². The van der Waals surface area contributed by atoms with Gasteiger partial charge in [-0.15, -0.1) is 0 Å². The van der Waals surface area contributed by atoms with Crippen LogP contribution in [0.4, 0.5) is 11.4 Å². The summed E-state index contributed by atoms with van der Waals surface area (Å²) in [5, 5.41) is 3.74. The summed E-state index contributed by atoms with van der Waals surface area (Å²) in [5.41, 5.74) is 5.19. The van der Waals surface area contributed by atoms with E-state index in [1.54, 1.807) is 0 Å². The average Bonchev–Trinajstić information content (AvgIpc) is 2.80. The van der Waals surface area contributed by atoms with Crippen LogP contribution in [-0.2, 0) is 0 Å². The van der Waals surface area contributed by atoms with E-state index in [-0.39, 0.29) is 0 Å². The van der Waals surface area contributed by atoms with Gasteiger partial charge >= 0.3 is 0 Å². The Morgan fingerprint density at radius 3 is 2.43 bits per heavy atom. The van der Waals surface area contributed by atoms with E-state index in [1.165, 1.54) is 70.8 Å². The quantitative estimate of drug-likeness (QED) is 0.275. The van der Waals surface area contributed by atoms with Gasteiger partial charge in [-0.3, -0.25) is 0 Å². The zero-order valence-electron chi connectivity index (χ0n) is 17.8. The lowest BCUT2D eigenvalue weighted by molar-refractivity contribution is 0.587. The molecule has 0 spiro atoms. The maximum absolute atomic E-state index is 3.74. The smallest absolute Gasteiger partial charge is 0.0564 e. The van der Waals surface area contributed by atoms with Gasteiger partial charge in [0.2, 0.25) is 0 Å². The van der Waals surface area contributed by atoms with Crippen LogP contribution in [0, 0.1) is 0 Å². The van der Waals surface area contributed by atoms with Crippen molar-refractivity contribution in [3.05, 3.63) is 90.0 Å². The largest absolute Gasteiger partial charge is 0.353 e. The van der Waals surface area contributed by atoms with Crippen molar-refractivity contribution in [2.24, 2.45) is 0 Å². The van der Waals surface area contributed by atoms with Crippen LogP contribution in [0.15, 0.2) is 88.7 Å². The predicted molar refractivity (Wildman–Crippen MR) is 132 cm³/mol. The van der Waals surface area contributed by atoms with E-state index >= 15 is 0 Å². The first-order chi connectivity index (χ1) is 14.8. The summed E-state index contributed by atoms with van der Waals surface area (Å²) in [6.07, 6.45) is 12.5. The Labute approximate surface area is 185 Å². The average molecular weight is 414 g/mol. The van der Waals surface area contributed by atoms with Crippen molar-refractivity contribution in [1.82, 2.24) is 0 Å². The molecule has 0 aliphatic carbocycles. The number of nitrogens with one attached hydrogen (secondary N) is 1. The number of hydrogen-bond donors (Lipinski definition) is 1. The van der Waals surface area contributed by atoms with E-state index in [4.69, 9.17) is 0 Å². The minimum Gasteiger partial charge on any atom is -0.353 e. The lowest BCUT2D eigenvalue weighted by Gasteiger charge is -2.26. The Hall–Kier alpha value is -2.45. The number of anilines is 2. The highest BCUT2D eigenvalue weighted by Crippen LogP contribution is 2.47. The second-order valence-electron chi connectivity index (χ2n) is 8.02. The fourth-order valence-electron chi connectivity index (χ4n) is 4.10. The summed E-state index contributed by atoms with van der Waals surface area (Å²) < 4.78 is 0. The number of fused-ring (bicyclic) bond motifs is 2. The van der Waals surface area contributed by atoms with Crippen LogP contribution >= 0.6 is 11.8 Å². The molecule has 0 radical (unpaired) electrons. The van der Waals surface area contributed by atoms with Gasteiger partial charge in [-0.05, 0) is 35.7 Å². The van der Waals surface area contributed by atoms with Crippen molar-refractivity contribution in [3.8, 4) is 0 Å². The van der Waals surface area contributed by atoms with Crippen LogP contribution in [0.25, 0.3) is 6.08 Å². The first-order valence-electron chi connectivity index (χ1n) is 11.2. The molecule has 154 valence electrons. The molecule has 0 bridgehead atoms. The molecule has 1 nitrogen and oxygen atoms in total. The zero-order valence-corrected chi connectivity index (χ0v) is 18.6. The summed E-state index contributed by atoms with van der Waals surface area (Å²) in [5.74, 6) is 0.417. The Morgan fingerprint density at radius 2 is 1.57 bits per heavy atom. The minimum atomic E-state index is 0.417. The van der Waals surface area contributed by atoms with Gasteiger partial charge in [0, 0.05) is 15.7 Å². The zero-order chi connectivity index (χ0) is 20.6. The van der Waals surface area contributed by atoms with E-state index in [0.29, 0.717) is 5.92 Å². The summed E-state index contributed by atoms with van der Waals surface area (Å²) in [7, 11) is 0. The predicted octanol–water partition coefficient (Wildman–Crippen LogP) is 9.05. The Bertz CT molecular complexity index is 977. The van der Waals surface area contributed by atoms with Gasteiger partial charge in [0.1, 0.15) is 0 Å². The maximum Gasteiger partial charge on any atom is 0.0564 e. The van der Waals surface area contributed by atoms with Gasteiger partial charge in [-0.25, -0.2) is 0 Å². The number of para-hydroxylation sites is 2. The monoisotopic (exact) mass is 413 g/mol. The summed E-state index contributed by atoms with van der Waals surface area (Å²) in [6.45, 7) is 2.28. The SMILES string of the molecule is CCCCCCCC(/C=C/c1ccccc1)c1cccc2c1Nc1ccccc1S2. The van der Waals surface area contributed by atoms with Gasteiger partial charge in [-0.2, -0.15) is 0 Å². The molecule has 3 aromatic rings. The first-order valence-corrected chi connectivity index (χ1v) is 12.1. The number of unbranched alkanes of at least 4 members (excludes halogenated alkanes) is 4. The highest BCUT2D eigenvalue weighted by Gasteiger charge is 2.21. The van der Waals surface area contributed by atoms with Gasteiger partial charge in [-0.1, -0.05) is 118 Å². The third-order valence-electron chi connectivity index (χ3n) is 5.76. The molecule has 2 heteroatoms. The van der Waals surface area contributed by atoms with E-state index in [9.17, 15) is 0 Å². The normalized spacial score (nSPS) is 13.5. The van der Waals surface area contributed by atoms with Crippen molar-refractivity contribution < 1.29 is 0 Å². The van der Waals surface area contributed by atoms with Crippen LogP contribution < -0.4 is 5.32 Å². The summed E-state index contributed by atoms with van der Waals surface area (Å²) >= 11 is 1.88. The van der Waals surface area contributed by atoms with Gasteiger partial charge in [0.25, 0.3) is 0 Å². The number of allylic oxidation sites excluding steroid dienone is 1. The molecule has 0 fully saturated rings. The summed E-state index contributed by atoms with van der Waals surface area (Å²) in [4.78, 5) is 2.63. The van der Waals surface area contributed by atoms with Crippen LogP contribution in [0.1, 0.15) is 62.5 Å². The highest BCUT2D eigenvalue weighted by molar-refractivity contribution is 7.99. The molecule has 1 aliphatic heterocycles. The van der Waals surface area contributed by atoms with E-state index in [0.717, 1.165) is 0 Å².